The van der Waals surface area contributed by atoms with Crippen molar-refractivity contribution >= 4 is 11.8 Å². The summed E-state index contributed by atoms with van der Waals surface area (Å²) in [5.74, 6) is -1.16. The lowest BCUT2D eigenvalue weighted by atomic mass is 9.94. The molecule has 0 bridgehead atoms. The van der Waals surface area contributed by atoms with E-state index >= 15 is 0 Å². The molecular formula is C16H28N2O11. The fourth-order valence-electron chi connectivity index (χ4n) is 3.38. The number of aliphatic hydroxyl groups excluding tert-OH is 6. The summed E-state index contributed by atoms with van der Waals surface area (Å²) in [6.07, 6.45) is -11.8. The van der Waals surface area contributed by atoms with Crippen LogP contribution in [0.1, 0.15) is 13.8 Å². The molecule has 2 rings (SSSR count). The van der Waals surface area contributed by atoms with E-state index in [0.29, 0.717) is 0 Å². The SMILES string of the molecule is CC(=O)N[C@H]1[C@H](O[C@H]2[C@@H](O)[C@@H](CO)OC(O)[C@@H]2NC(C)=O)O[C@H](CO)[C@H](O)[C@@H]1O. The molecule has 13 nitrogen and oxygen atoms in total. The Kier molecular flexibility index (Phi) is 8.28. The first-order chi connectivity index (χ1) is 13.6. The number of hydrogen-bond donors (Lipinski definition) is 8. The van der Waals surface area contributed by atoms with Gasteiger partial charge in [-0.3, -0.25) is 9.59 Å². The molecule has 2 saturated heterocycles. The zero-order valence-electron chi connectivity index (χ0n) is 15.9. The highest BCUT2D eigenvalue weighted by molar-refractivity contribution is 5.73. The third kappa shape index (κ3) is 5.39. The van der Waals surface area contributed by atoms with E-state index in [-0.39, 0.29) is 0 Å². The first-order valence-electron chi connectivity index (χ1n) is 9.05. The molecule has 2 aliphatic rings. The molecule has 29 heavy (non-hydrogen) atoms. The van der Waals surface area contributed by atoms with Gasteiger partial charge in [-0.05, 0) is 0 Å². The van der Waals surface area contributed by atoms with Crippen LogP contribution in [0.2, 0.25) is 0 Å². The Hall–Kier alpha value is -1.42. The zero-order valence-corrected chi connectivity index (χ0v) is 15.9. The van der Waals surface area contributed by atoms with Crippen molar-refractivity contribution in [3.05, 3.63) is 0 Å². The molecule has 168 valence electrons. The summed E-state index contributed by atoms with van der Waals surface area (Å²) >= 11 is 0. The second-order valence-electron chi connectivity index (χ2n) is 7.00. The van der Waals surface area contributed by atoms with Crippen molar-refractivity contribution in [2.45, 2.75) is 75.1 Å². The summed E-state index contributed by atoms with van der Waals surface area (Å²) in [5, 5.41) is 64.5. The van der Waals surface area contributed by atoms with Gasteiger partial charge in [-0.2, -0.15) is 0 Å². The van der Waals surface area contributed by atoms with Gasteiger partial charge in [-0.1, -0.05) is 0 Å². The number of hydrogen-bond acceptors (Lipinski definition) is 11. The Bertz CT molecular complexity index is 579. The Balaban J connectivity index is 2.31. The van der Waals surface area contributed by atoms with Gasteiger partial charge in [0.2, 0.25) is 11.8 Å². The maximum Gasteiger partial charge on any atom is 0.217 e. The summed E-state index contributed by atoms with van der Waals surface area (Å²) in [5.41, 5.74) is 0. The smallest absolute Gasteiger partial charge is 0.217 e. The van der Waals surface area contributed by atoms with E-state index in [4.69, 9.17) is 14.2 Å². The van der Waals surface area contributed by atoms with E-state index in [9.17, 15) is 40.2 Å². The lowest BCUT2D eigenvalue weighted by Crippen LogP contribution is -2.69. The molecular weight excluding hydrogens is 396 g/mol. The van der Waals surface area contributed by atoms with Crippen LogP contribution in [0.5, 0.6) is 0 Å². The number of ether oxygens (including phenoxy) is 3. The Morgan fingerprint density at radius 2 is 1.34 bits per heavy atom. The average molecular weight is 424 g/mol. The molecule has 2 amide bonds. The molecule has 2 heterocycles. The number of rotatable bonds is 6. The molecule has 0 aromatic heterocycles. The van der Waals surface area contributed by atoms with Crippen molar-refractivity contribution in [2.75, 3.05) is 13.2 Å². The zero-order chi connectivity index (χ0) is 21.9. The van der Waals surface area contributed by atoms with E-state index in [1.165, 1.54) is 0 Å². The molecule has 0 aromatic rings. The summed E-state index contributed by atoms with van der Waals surface area (Å²) in [4.78, 5) is 23.0. The minimum Gasteiger partial charge on any atom is -0.394 e. The van der Waals surface area contributed by atoms with Gasteiger partial charge in [-0.15, -0.1) is 0 Å². The fourth-order valence-corrected chi connectivity index (χ4v) is 3.38. The molecule has 8 N–H and O–H groups in total. The molecule has 0 aromatic carbocycles. The molecule has 2 aliphatic heterocycles. The van der Waals surface area contributed by atoms with Crippen LogP contribution in [0.25, 0.3) is 0 Å². The highest BCUT2D eigenvalue weighted by Gasteiger charge is 2.51. The quantitative estimate of drug-likeness (QED) is 0.202. The standard InChI is InChI=1S/C16H28N2O11/c1-5(21)17-9-13(25)11(23)7(3-19)28-16(9)29-14-10(18-6(2)22)15(26)27-8(4-20)12(14)24/h7-16,19-20,23-26H,3-4H2,1-2H3,(H,17,21)(H,18,22)/t7-,8-,9-,10-,11+,12+,13-,14-,15?,16+/m1/s1. The van der Waals surface area contributed by atoms with Crippen molar-refractivity contribution in [1.82, 2.24) is 10.6 Å². The molecule has 0 spiro atoms. The second-order valence-corrected chi connectivity index (χ2v) is 7.00. The molecule has 0 saturated carbocycles. The van der Waals surface area contributed by atoms with Crippen molar-refractivity contribution in [3.8, 4) is 0 Å². The predicted octanol–water partition coefficient (Wildman–Crippen LogP) is -5.11. The third-order valence-electron chi connectivity index (χ3n) is 4.78. The minimum absolute atomic E-state index is 0.576. The largest absolute Gasteiger partial charge is 0.394 e. The van der Waals surface area contributed by atoms with Crippen LogP contribution in [0.4, 0.5) is 0 Å². The molecule has 0 aliphatic carbocycles. The molecule has 2 fully saturated rings. The van der Waals surface area contributed by atoms with Crippen molar-refractivity contribution in [1.29, 1.82) is 0 Å². The van der Waals surface area contributed by atoms with Crippen LogP contribution in [-0.4, -0.2) is 117 Å². The van der Waals surface area contributed by atoms with Gasteiger partial charge in [0.25, 0.3) is 0 Å². The van der Waals surface area contributed by atoms with Gasteiger partial charge >= 0.3 is 0 Å². The minimum atomic E-state index is -1.66. The third-order valence-corrected chi connectivity index (χ3v) is 4.78. The summed E-state index contributed by atoms with van der Waals surface area (Å²) in [6.45, 7) is 0.959. The Morgan fingerprint density at radius 1 is 0.828 bits per heavy atom. The van der Waals surface area contributed by atoms with Gasteiger partial charge in [0.1, 0.15) is 48.7 Å². The van der Waals surface area contributed by atoms with E-state index in [0.717, 1.165) is 13.8 Å². The Labute approximate surface area is 166 Å². The Morgan fingerprint density at radius 3 is 1.86 bits per heavy atom. The maximum atomic E-state index is 11.5. The van der Waals surface area contributed by atoms with Crippen molar-refractivity contribution < 1.29 is 54.4 Å². The molecule has 13 heteroatoms. The number of nitrogens with one attached hydrogen (secondary N) is 2. The maximum absolute atomic E-state index is 11.5. The number of amides is 2. The summed E-state index contributed by atoms with van der Waals surface area (Å²) in [7, 11) is 0. The number of carbonyl (C=O) groups is 2. The van der Waals surface area contributed by atoms with Crippen LogP contribution < -0.4 is 10.6 Å². The van der Waals surface area contributed by atoms with E-state index in [2.05, 4.69) is 10.6 Å². The second kappa shape index (κ2) is 10.1. The van der Waals surface area contributed by atoms with Crippen molar-refractivity contribution in [2.24, 2.45) is 0 Å². The van der Waals surface area contributed by atoms with Gasteiger partial charge in [-0.25, -0.2) is 0 Å². The van der Waals surface area contributed by atoms with Crippen LogP contribution >= 0.6 is 0 Å². The van der Waals surface area contributed by atoms with Crippen molar-refractivity contribution in [3.63, 3.8) is 0 Å². The van der Waals surface area contributed by atoms with E-state index in [1.54, 1.807) is 0 Å². The fraction of sp³-hybridized carbons (Fsp3) is 0.875. The molecule has 1 unspecified atom stereocenters. The van der Waals surface area contributed by atoms with E-state index < -0.39 is 86.3 Å². The summed E-state index contributed by atoms with van der Waals surface area (Å²) in [6, 6.07) is -2.59. The van der Waals surface area contributed by atoms with Gasteiger partial charge in [0.05, 0.1) is 13.2 Å². The number of carbonyl (C=O) groups excluding carboxylic acids is 2. The van der Waals surface area contributed by atoms with Crippen LogP contribution in [-0.2, 0) is 23.8 Å². The molecule has 10 atom stereocenters. The molecule has 0 radical (unpaired) electrons. The monoisotopic (exact) mass is 424 g/mol. The van der Waals surface area contributed by atoms with Crippen LogP contribution in [0.3, 0.4) is 0 Å². The number of aliphatic hydroxyl groups is 6. The first-order valence-corrected chi connectivity index (χ1v) is 9.05. The average Bonchev–Trinajstić information content (AvgIpc) is 2.65. The topological polar surface area (TPSA) is 207 Å². The van der Waals surface area contributed by atoms with Crippen LogP contribution in [0, 0.1) is 0 Å². The predicted molar refractivity (Wildman–Crippen MR) is 91.8 cm³/mol. The van der Waals surface area contributed by atoms with Gasteiger partial charge < -0.3 is 55.5 Å². The van der Waals surface area contributed by atoms with Gasteiger partial charge in [0.15, 0.2) is 12.6 Å². The first kappa shape index (κ1) is 23.9. The lowest BCUT2D eigenvalue weighted by Gasteiger charge is -2.47. The normalized spacial score (nSPS) is 42.9. The van der Waals surface area contributed by atoms with Crippen LogP contribution in [0.15, 0.2) is 0 Å². The lowest BCUT2D eigenvalue weighted by molar-refractivity contribution is -0.323. The highest BCUT2D eigenvalue weighted by atomic mass is 16.7. The highest BCUT2D eigenvalue weighted by Crippen LogP contribution is 2.28. The van der Waals surface area contributed by atoms with E-state index in [1.807, 2.05) is 0 Å². The van der Waals surface area contributed by atoms with Gasteiger partial charge in [0, 0.05) is 13.8 Å². The summed E-state index contributed by atoms with van der Waals surface area (Å²) < 4.78 is 16.2.